The van der Waals surface area contributed by atoms with Gasteiger partial charge in [-0.1, -0.05) is 91.0 Å². The first-order valence-corrected chi connectivity index (χ1v) is 11.0. The van der Waals surface area contributed by atoms with Crippen LogP contribution in [0.5, 0.6) is 0 Å². The molecule has 0 aliphatic carbocycles. The molecule has 0 unspecified atom stereocenters. The number of carboxylic acid groups (broad SMARTS) is 1. The molecule has 4 aromatic carbocycles. The number of rotatable bonds is 5. The Balaban J connectivity index is 1.71. The number of benzene rings is 4. The Morgan fingerprint density at radius 3 is 1.83 bits per heavy atom. The van der Waals surface area contributed by atoms with E-state index in [1.54, 1.807) is 78.9 Å². The summed E-state index contributed by atoms with van der Waals surface area (Å²) in [6, 6.07) is 28.2. The molecule has 172 valence electrons. The third-order valence-corrected chi connectivity index (χ3v) is 6.22. The molecule has 0 saturated carbocycles. The van der Waals surface area contributed by atoms with E-state index >= 15 is 0 Å². The first kappa shape index (κ1) is 22.0. The maximum atomic E-state index is 14.2. The molecular formula is C28H20N2O5. The van der Waals surface area contributed by atoms with Crippen molar-refractivity contribution >= 4 is 34.6 Å². The van der Waals surface area contributed by atoms with E-state index in [0.29, 0.717) is 16.0 Å². The zero-order chi connectivity index (χ0) is 24.6. The summed E-state index contributed by atoms with van der Waals surface area (Å²) >= 11 is 0. The fraction of sp³-hybridized carbons (Fsp3) is 0.0714. The molecule has 0 bridgehead atoms. The molecule has 7 nitrogen and oxygen atoms in total. The second-order valence-corrected chi connectivity index (χ2v) is 8.21. The van der Waals surface area contributed by atoms with E-state index < -0.39 is 35.9 Å². The lowest BCUT2D eigenvalue weighted by Crippen LogP contribution is -2.49. The normalized spacial score (nSPS) is 15.0. The van der Waals surface area contributed by atoms with Crippen LogP contribution in [0.15, 0.2) is 103 Å². The largest absolute Gasteiger partial charge is 0.480 e. The predicted octanol–water partition coefficient (Wildman–Crippen LogP) is 4.27. The molecule has 7 heteroatoms. The second kappa shape index (κ2) is 8.53. The molecule has 1 heterocycles. The van der Waals surface area contributed by atoms with Crippen molar-refractivity contribution in [1.29, 1.82) is 0 Å². The maximum Gasteiger partial charge on any atom is 0.335 e. The number of aliphatic carboxylic acids is 1. The zero-order valence-corrected chi connectivity index (χ0v) is 18.5. The van der Waals surface area contributed by atoms with Crippen molar-refractivity contribution in [2.24, 2.45) is 0 Å². The van der Waals surface area contributed by atoms with Crippen LogP contribution in [-0.4, -0.2) is 45.3 Å². The van der Waals surface area contributed by atoms with Crippen molar-refractivity contribution in [2.75, 3.05) is 6.54 Å². The minimum absolute atomic E-state index is 0.151. The fourth-order valence-corrected chi connectivity index (χ4v) is 4.66. The third kappa shape index (κ3) is 3.45. The number of fused-ring (bicyclic) bond motifs is 1. The number of hydrogen-bond donors (Lipinski definition) is 1. The molecule has 4 amide bonds. The molecule has 1 aliphatic rings. The van der Waals surface area contributed by atoms with Crippen molar-refractivity contribution in [3.8, 4) is 0 Å². The highest BCUT2D eigenvalue weighted by Gasteiger charge is 2.61. The van der Waals surface area contributed by atoms with Gasteiger partial charge in [-0.15, -0.1) is 0 Å². The number of amides is 4. The highest BCUT2D eigenvalue weighted by Crippen LogP contribution is 2.43. The minimum atomic E-state index is -1.81. The Bertz CT molecular complexity index is 1430. The first-order valence-electron chi connectivity index (χ1n) is 11.0. The Morgan fingerprint density at radius 2 is 1.26 bits per heavy atom. The van der Waals surface area contributed by atoms with Gasteiger partial charge in [-0.3, -0.25) is 19.3 Å². The quantitative estimate of drug-likeness (QED) is 0.352. The van der Waals surface area contributed by atoms with E-state index in [1.165, 1.54) is 0 Å². The summed E-state index contributed by atoms with van der Waals surface area (Å²) in [7, 11) is 0. The number of urea groups is 1. The van der Waals surface area contributed by atoms with Gasteiger partial charge in [0, 0.05) is 5.56 Å². The van der Waals surface area contributed by atoms with E-state index in [2.05, 4.69) is 0 Å². The van der Waals surface area contributed by atoms with Crippen LogP contribution >= 0.6 is 0 Å². The lowest BCUT2D eigenvalue weighted by molar-refractivity contribution is -0.139. The number of hydrogen-bond acceptors (Lipinski definition) is 4. The monoisotopic (exact) mass is 464 g/mol. The van der Waals surface area contributed by atoms with Crippen LogP contribution in [0, 0.1) is 0 Å². The van der Waals surface area contributed by atoms with Crippen molar-refractivity contribution in [1.82, 2.24) is 9.80 Å². The van der Waals surface area contributed by atoms with Crippen LogP contribution in [0.4, 0.5) is 4.79 Å². The van der Waals surface area contributed by atoms with Crippen molar-refractivity contribution in [2.45, 2.75) is 5.54 Å². The highest BCUT2D eigenvalue weighted by atomic mass is 16.4. The molecule has 1 N–H and O–H groups in total. The maximum absolute atomic E-state index is 14.2. The van der Waals surface area contributed by atoms with Gasteiger partial charge in [0.1, 0.15) is 6.54 Å². The number of nitrogens with zero attached hydrogens (tertiary/aromatic N) is 2. The van der Waals surface area contributed by atoms with Gasteiger partial charge < -0.3 is 5.11 Å². The van der Waals surface area contributed by atoms with Gasteiger partial charge in [0.15, 0.2) is 5.54 Å². The van der Waals surface area contributed by atoms with E-state index in [4.69, 9.17) is 0 Å². The summed E-state index contributed by atoms with van der Waals surface area (Å²) in [6.07, 6.45) is 0. The Kier molecular flexibility index (Phi) is 5.37. The average molecular weight is 464 g/mol. The van der Waals surface area contributed by atoms with Crippen molar-refractivity contribution in [3.63, 3.8) is 0 Å². The molecule has 35 heavy (non-hydrogen) atoms. The summed E-state index contributed by atoms with van der Waals surface area (Å²) in [5.41, 5.74) is -0.887. The van der Waals surface area contributed by atoms with E-state index in [-0.39, 0.29) is 5.56 Å². The Labute approximate surface area is 200 Å². The van der Waals surface area contributed by atoms with Crippen molar-refractivity contribution < 1.29 is 24.3 Å². The first-order chi connectivity index (χ1) is 16.9. The van der Waals surface area contributed by atoms with Crippen molar-refractivity contribution in [3.05, 3.63) is 120 Å². The summed E-state index contributed by atoms with van der Waals surface area (Å²) in [5.74, 6) is -2.93. The van der Waals surface area contributed by atoms with Crippen LogP contribution in [0.1, 0.15) is 21.5 Å². The Morgan fingerprint density at radius 1 is 0.714 bits per heavy atom. The summed E-state index contributed by atoms with van der Waals surface area (Å²) in [5, 5.41) is 11.3. The second-order valence-electron chi connectivity index (χ2n) is 8.21. The molecule has 1 saturated heterocycles. The Hall–Kier alpha value is -4.78. The van der Waals surface area contributed by atoms with E-state index in [1.807, 2.05) is 24.3 Å². The van der Waals surface area contributed by atoms with Gasteiger partial charge >= 0.3 is 12.0 Å². The highest BCUT2D eigenvalue weighted by molar-refractivity contribution is 6.24. The van der Waals surface area contributed by atoms with Crippen LogP contribution in [0.3, 0.4) is 0 Å². The zero-order valence-electron chi connectivity index (χ0n) is 18.5. The van der Waals surface area contributed by atoms with Gasteiger partial charge in [-0.2, -0.15) is 4.90 Å². The number of carbonyl (C=O) groups is 4. The van der Waals surface area contributed by atoms with Gasteiger partial charge in [-0.05, 0) is 34.0 Å². The summed E-state index contributed by atoms with van der Waals surface area (Å²) < 4.78 is 0. The number of carboxylic acids is 1. The molecule has 0 atom stereocenters. The molecule has 0 spiro atoms. The van der Waals surface area contributed by atoms with Crippen LogP contribution in [-0.2, 0) is 15.1 Å². The summed E-state index contributed by atoms with van der Waals surface area (Å²) in [4.78, 5) is 54.8. The van der Waals surface area contributed by atoms with Crippen LogP contribution in [0.2, 0.25) is 0 Å². The topological polar surface area (TPSA) is 95.0 Å². The molecule has 1 aliphatic heterocycles. The average Bonchev–Trinajstić information content (AvgIpc) is 3.10. The molecule has 1 fully saturated rings. The standard InChI is InChI=1S/C28H20N2O5/c31-24(32)18-29-27(35)30(25(33)21-16-15-19-9-7-8-10-20(19)17-21)26(34)28(29,22-11-3-1-4-12-22)23-13-5-2-6-14-23/h1-17H,18H2,(H,31,32). The lowest BCUT2D eigenvalue weighted by atomic mass is 9.81. The predicted molar refractivity (Wildman–Crippen MR) is 129 cm³/mol. The van der Waals surface area contributed by atoms with E-state index in [9.17, 15) is 24.3 Å². The van der Waals surface area contributed by atoms with E-state index in [0.717, 1.165) is 15.7 Å². The molecule has 0 aromatic heterocycles. The molecule has 0 radical (unpaired) electrons. The lowest BCUT2D eigenvalue weighted by Gasteiger charge is -2.35. The van der Waals surface area contributed by atoms with Gasteiger partial charge in [0.25, 0.3) is 11.8 Å². The minimum Gasteiger partial charge on any atom is -0.480 e. The van der Waals surface area contributed by atoms with Crippen LogP contribution < -0.4 is 0 Å². The van der Waals surface area contributed by atoms with Gasteiger partial charge in [0.2, 0.25) is 0 Å². The fourth-order valence-electron chi connectivity index (χ4n) is 4.66. The van der Waals surface area contributed by atoms with Crippen LogP contribution in [0.25, 0.3) is 10.8 Å². The third-order valence-electron chi connectivity index (χ3n) is 6.22. The smallest absolute Gasteiger partial charge is 0.335 e. The molecular weight excluding hydrogens is 444 g/mol. The van der Waals surface area contributed by atoms with Gasteiger partial charge in [-0.25, -0.2) is 4.79 Å². The molecule has 4 aromatic rings. The number of imide groups is 3. The molecule has 5 rings (SSSR count). The summed E-state index contributed by atoms with van der Waals surface area (Å²) in [6.45, 7) is -0.768. The SMILES string of the molecule is O=C(O)CN1C(=O)N(C(=O)c2ccc3ccccc3c2)C(=O)C1(c1ccccc1)c1ccccc1. The number of carbonyl (C=O) groups excluding carboxylic acids is 3. The van der Waals surface area contributed by atoms with Gasteiger partial charge in [0.05, 0.1) is 0 Å².